The Morgan fingerprint density at radius 1 is 1.22 bits per heavy atom. The summed E-state index contributed by atoms with van der Waals surface area (Å²) in [6.07, 6.45) is 6.09. The van der Waals surface area contributed by atoms with Crippen molar-refractivity contribution in [1.82, 2.24) is 10.2 Å². The number of nitrogens with zero attached hydrogens (tertiary/aromatic N) is 1. The van der Waals surface area contributed by atoms with Gasteiger partial charge in [0.05, 0.1) is 5.60 Å². The third kappa shape index (κ3) is 3.06. The van der Waals surface area contributed by atoms with E-state index in [-0.39, 0.29) is 5.60 Å². The Morgan fingerprint density at radius 2 is 2.00 bits per heavy atom. The van der Waals surface area contributed by atoms with Crippen molar-refractivity contribution in [3.8, 4) is 0 Å². The Kier molecular flexibility index (Phi) is 5.05. The van der Waals surface area contributed by atoms with Gasteiger partial charge in [-0.15, -0.1) is 0 Å². The van der Waals surface area contributed by atoms with Crippen molar-refractivity contribution >= 4 is 0 Å². The van der Waals surface area contributed by atoms with Crippen molar-refractivity contribution in [2.45, 2.75) is 70.6 Å². The fraction of sp³-hybridized carbons (Fsp3) is 1.00. The predicted octanol–water partition coefficient (Wildman–Crippen LogP) is 2.41. The van der Waals surface area contributed by atoms with E-state index in [0.29, 0.717) is 0 Å². The minimum Gasteiger partial charge on any atom is -0.375 e. The Bertz CT molecular complexity index is 253. The number of rotatable bonds is 5. The lowest BCUT2D eigenvalue weighted by atomic mass is 9.85. The lowest BCUT2D eigenvalue weighted by Crippen LogP contribution is -2.48. The van der Waals surface area contributed by atoms with Crippen LogP contribution in [0, 0.1) is 0 Å². The van der Waals surface area contributed by atoms with Gasteiger partial charge in [-0.1, -0.05) is 20.8 Å². The molecule has 2 saturated heterocycles. The molecule has 0 radical (unpaired) electrons. The van der Waals surface area contributed by atoms with E-state index in [1.54, 1.807) is 0 Å². The summed E-state index contributed by atoms with van der Waals surface area (Å²) in [5.74, 6) is 0. The molecule has 2 aliphatic heterocycles. The average molecular weight is 254 g/mol. The molecule has 106 valence electrons. The molecule has 0 saturated carbocycles. The van der Waals surface area contributed by atoms with Crippen LogP contribution in [0.3, 0.4) is 0 Å². The molecule has 2 unspecified atom stereocenters. The van der Waals surface area contributed by atoms with Crippen molar-refractivity contribution in [3.63, 3.8) is 0 Å². The first-order valence-electron chi connectivity index (χ1n) is 7.84. The molecule has 2 atom stereocenters. The molecule has 2 rings (SSSR count). The second kappa shape index (κ2) is 6.36. The van der Waals surface area contributed by atoms with E-state index in [0.717, 1.165) is 38.1 Å². The molecular weight excluding hydrogens is 224 g/mol. The predicted molar refractivity (Wildman–Crippen MR) is 75.9 cm³/mol. The van der Waals surface area contributed by atoms with Crippen molar-refractivity contribution in [2.75, 3.05) is 26.2 Å². The summed E-state index contributed by atoms with van der Waals surface area (Å²) in [5.41, 5.74) is 0.166. The number of nitrogens with one attached hydrogen (secondary N) is 1. The minimum atomic E-state index is 0.166. The summed E-state index contributed by atoms with van der Waals surface area (Å²) in [5, 5.41) is 3.59. The lowest BCUT2D eigenvalue weighted by Gasteiger charge is -2.43. The Morgan fingerprint density at radius 3 is 2.67 bits per heavy atom. The zero-order valence-electron chi connectivity index (χ0n) is 12.4. The molecule has 0 aromatic carbocycles. The van der Waals surface area contributed by atoms with E-state index >= 15 is 0 Å². The van der Waals surface area contributed by atoms with Crippen LogP contribution in [0.2, 0.25) is 0 Å². The molecule has 18 heavy (non-hydrogen) atoms. The number of ether oxygens (including phenoxy) is 1. The zero-order valence-corrected chi connectivity index (χ0v) is 12.4. The maximum Gasteiger partial charge on any atom is 0.0692 e. The lowest BCUT2D eigenvalue weighted by molar-refractivity contribution is -0.108. The first-order valence-corrected chi connectivity index (χ1v) is 7.84. The zero-order chi connectivity index (χ0) is 13.0. The van der Waals surface area contributed by atoms with Crippen molar-refractivity contribution in [1.29, 1.82) is 0 Å². The molecule has 3 nitrogen and oxygen atoms in total. The van der Waals surface area contributed by atoms with Gasteiger partial charge < -0.3 is 10.1 Å². The van der Waals surface area contributed by atoms with Gasteiger partial charge in [0.15, 0.2) is 0 Å². The maximum atomic E-state index is 6.09. The molecule has 2 aliphatic rings. The summed E-state index contributed by atoms with van der Waals surface area (Å²) >= 11 is 0. The first-order chi connectivity index (χ1) is 8.73. The van der Waals surface area contributed by atoms with Gasteiger partial charge in [0.2, 0.25) is 0 Å². The van der Waals surface area contributed by atoms with Gasteiger partial charge in [0, 0.05) is 31.8 Å². The van der Waals surface area contributed by atoms with Gasteiger partial charge >= 0.3 is 0 Å². The Labute approximate surface area is 112 Å². The highest BCUT2D eigenvalue weighted by Gasteiger charge is 2.38. The Hall–Kier alpha value is -0.120. The Balaban J connectivity index is 1.89. The molecule has 3 heteroatoms. The second-order valence-corrected chi connectivity index (χ2v) is 5.92. The SMILES string of the molecule is CCNC1CCN(C2CCOC(CC)(CC)C2)C1. The van der Waals surface area contributed by atoms with Crippen LogP contribution in [0.4, 0.5) is 0 Å². The van der Waals surface area contributed by atoms with Crippen LogP contribution in [-0.2, 0) is 4.74 Å². The van der Waals surface area contributed by atoms with Gasteiger partial charge in [-0.3, -0.25) is 4.90 Å². The molecule has 0 aliphatic carbocycles. The topological polar surface area (TPSA) is 24.5 Å². The summed E-state index contributed by atoms with van der Waals surface area (Å²) in [6.45, 7) is 11.3. The number of likely N-dealkylation sites (N-methyl/N-ethyl adjacent to an activating group) is 1. The largest absolute Gasteiger partial charge is 0.375 e. The van der Waals surface area contributed by atoms with Crippen molar-refractivity contribution < 1.29 is 4.74 Å². The third-order valence-corrected chi connectivity index (χ3v) is 4.98. The van der Waals surface area contributed by atoms with Crippen LogP contribution in [0.5, 0.6) is 0 Å². The van der Waals surface area contributed by atoms with E-state index in [1.165, 1.54) is 32.4 Å². The third-order valence-electron chi connectivity index (χ3n) is 4.98. The van der Waals surface area contributed by atoms with Crippen LogP contribution >= 0.6 is 0 Å². The van der Waals surface area contributed by atoms with Crippen LogP contribution in [-0.4, -0.2) is 48.8 Å². The summed E-state index contributed by atoms with van der Waals surface area (Å²) in [7, 11) is 0. The van der Waals surface area contributed by atoms with Gasteiger partial charge in [0.1, 0.15) is 0 Å². The van der Waals surface area contributed by atoms with Crippen LogP contribution in [0.25, 0.3) is 0 Å². The molecule has 0 spiro atoms. The van der Waals surface area contributed by atoms with Gasteiger partial charge in [0.25, 0.3) is 0 Å². The highest BCUT2D eigenvalue weighted by molar-refractivity contribution is 4.93. The van der Waals surface area contributed by atoms with Crippen molar-refractivity contribution in [2.24, 2.45) is 0 Å². The summed E-state index contributed by atoms with van der Waals surface area (Å²) < 4.78 is 6.09. The van der Waals surface area contributed by atoms with Gasteiger partial charge in [-0.2, -0.15) is 0 Å². The summed E-state index contributed by atoms with van der Waals surface area (Å²) in [4.78, 5) is 2.70. The van der Waals surface area contributed by atoms with E-state index in [9.17, 15) is 0 Å². The van der Waals surface area contributed by atoms with Crippen molar-refractivity contribution in [3.05, 3.63) is 0 Å². The average Bonchev–Trinajstić information content (AvgIpc) is 2.88. The number of likely N-dealkylation sites (tertiary alicyclic amines) is 1. The standard InChI is InChI=1S/C15H30N2O/c1-4-15(5-2)11-14(8-10-18-15)17-9-7-13(12-17)16-6-3/h13-14,16H,4-12H2,1-3H3. The van der Waals surface area contributed by atoms with E-state index in [2.05, 4.69) is 31.0 Å². The molecule has 1 N–H and O–H groups in total. The fourth-order valence-corrected chi connectivity index (χ4v) is 3.63. The normalized spacial score (nSPS) is 32.8. The van der Waals surface area contributed by atoms with Gasteiger partial charge in [-0.05, 0) is 38.6 Å². The van der Waals surface area contributed by atoms with Crippen LogP contribution in [0.15, 0.2) is 0 Å². The molecule has 0 aromatic heterocycles. The van der Waals surface area contributed by atoms with E-state index in [1.807, 2.05) is 0 Å². The molecule has 2 heterocycles. The minimum absolute atomic E-state index is 0.166. The van der Waals surface area contributed by atoms with Crippen LogP contribution in [0.1, 0.15) is 52.9 Å². The first kappa shape index (κ1) is 14.3. The van der Waals surface area contributed by atoms with E-state index in [4.69, 9.17) is 4.74 Å². The molecule has 0 aromatic rings. The van der Waals surface area contributed by atoms with Gasteiger partial charge in [-0.25, -0.2) is 0 Å². The molecule has 0 bridgehead atoms. The number of hydrogen-bond donors (Lipinski definition) is 1. The molecule has 0 amide bonds. The number of hydrogen-bond acceptors (Lipinski definition) is 3. The molecule has 2 fully saturated rings. The summed E-state index contributed by atoms with van der Waals surface area (Å²) in [6, 6.07) is 1.47. The smallest absolute Gasteiger partial charge is 0.0692 e. The highest BCUT2D eigenvalue weighted by Crippen LogP contribution is 2.34. The fourth-order valence-electron chi connectivity index (χ4n) is 3.63. The quantitative estimate of drug-likeness (QED) is 0.815. The van der Waals surface area contributed by atoms with Crippen LogP contribution < -0.4 is 5.32 Å². The molecular formula is C15H30N2O. The maximum absolute atomic E-state index is 6.09. The monoisotopic (exact) mass is 254 g/mol. The highest BCUT2D eigenvalue weighted by atomic mass is 16.5. The van der Waals surface area contributed by atoms with E-state index < -0.39 is 0 Å². The second-order valence-electron chi connectivity index (χ2n) is 5.92.